The Morgan fingerprint density at radius 2 is 2.05 bits per heavy atom. The summed E-state index contributed by atoms with van der Waals surface area (Å²) in [5.41, 5.74) is 1.87. The molecule has 0 bridgehead atoms. The van der Waals surface area contributed by atoms with Crippen LogP contribution < -0.4 is 10.9 Å². The fraction of sp³-hybridized carbons (Fsp3) is 0.625. The van der Waals surface area contributed by atoms with E-state index < -0.39 is 12.1 Å². The van der Waals surface area contributed by atoms with Crippen molar-refractivity contribution in [1.82, 2.24) is 10.3 Å². The van der Waals surface area contributed by atoms with E-state index in [0.29, 0.717) is 11.5 Å². The molecule has 1 aliphatic carbocycles. The quantitative estimate of drug-likeness (QED) is 0.799. The number of aromatic amines is 1. The predicted octanol–water partition coefficient (Wildman–Crippen LogP) is 3.31. The van der Waals surface area contributed by atoms with E-state index in [-0.39, 0.29) is 11.0 Å². The van der Waals surface area contributed by atoms with E-state index in [1.54, 1.807) is 0 Å². The Hall–Kier alpha value is -1.78. The van der Waals surface area contributed by atoms with Gasteiger partial charge in [0.1, 0.15) is 0 Å². The molecule has 0 radical (unpaired) electrons. The van der Waals surface area contributed by atoms with Crippen LogP contribution in [0.4, 0.5) is 4.79 Å². The van der Waals surface area contributed by atoms with Gasteiger partial charge in [-0.25, -0.2) is 4.79 Å². The fourth-order valence-corrected chi connectivity index (χ4v) is 2.92. The molecule has 5 nitrogen and oxygen atoms in total. The van der Waals surface area contributed by atoms with Crippen LogP contribution in [-0.2, 0) is 0 Å². The molecular weight excluding hydrogens is 268 g/mol. The van der Waals surface area contributed by atoms with Gasteiger partial charge in [0.2, 0.25) is 0 Å². The lowest BCUT2D eigenvalue weighted by molar-refractivity contribution is 0.174. The summed E-state index contributed by atoms with van der Waals surface area (Å²) < 4.78 is 0. The second kappa shape index (κ2) is 5.54. The average molecular weight is 292 g/mol. The molecule has 2 rings (SSSR count). The first-order chi connectivity index (χ1) is 9.70. The van der Waals surface area contributed by atoms with E-state index in [4.69, 9.17) is 5.11 Å². The predicted molar refractivity (Wildman–Crippen MR) is 81.7 cm³/mol. The van der Waals surface area contributed by atoms with Crippen molar-refractivity contribution in [2.45, 2.75) is 58.9 Å². The monoisotopic (exact) mass is 292 g/mol. The summed E-state index contributed by atoms with van der Waals surface area (Å²) in [4.78, 5) is 26.5. The zero-order chi connectivity index (χ0) is 15.8. The van der Waals surface area contributed by atoms with E-state index >= 15 is 0 Å². The van der Waals surface area contributed by atoms with E-state index in [1.807, 2.05) is 33.8 Å². The molecule has 0 aromatic carbocycles. The number of aryl methyl sites for hydroxylation is 1. The number of rotatable bonds is 3. The van der Waals surface area contributed by atoms with Crippen molar-refractivity contribution in [2.75, 3.05) is 0 Å². The highest BCUT2D eigenvalue weighted by molar-refractivity contribution is 5.65. The Kier molecular flexibility index (Phi) is 4.12. The molecule has 5 heteroatoms. The minimum atomic E-state index is -1.10. The average Bonchev–Trinajstić information content (AvgIpc) is 2.22. The summed E-state index contributed by atoms with van der Waals surface area (Å²) in [5.74, 6) is 0.376. The zero-order valence-electron chi connectivity index (χ0n) is 13.1. The largest absolute Gasteiger partial charge is 0.465 e. The lowest BCUT2D eigenvalue weighted by atomic mass is 9.73. The summed E-state index contributed by atoms with van der Waals surface area (Å²) in [6.07, 6.45) is 2.21. The van der Waals surface area contributed by atoms with Crippen molar-refractivity contribution in [3.63, 3.8) is 0 Å². The molecule has 1 unspecified atom stereocenters. The minimum Gasteiger partial charge on any atom is -0.465 e. The number of hydrogen-bond donors (Lipinski definition) is 3. The highest BCUT2D eigenvalue weighted by Gasteiger charge is 2.35. The first-order valence-corrected chi connectivity index (χ1v) is 7.43. The van der Waals surface area contributed by atoms with Gasteiger partial charge in [-0.3, -0.25) is 4.79 Å². The summed E-state index contributed by atoms with van der Waals surface area (Å²) in [6.45, 7) is 7.69. The Morgan fingerprint density at radius 3 is 2.48 bits per heavy atom. The van der Waals surface area contributed by atoms with Gasteiger partial charge in [-0.15, -0.1) is 0 Å². The van der Waals surface area contributed by atoms with Gasteiger partial charge < -0.3 is 15.4 Å². The fourth-order valence-electron chi connectivity index (χ4n) is 2.92. The Bertz CT molecular complexity index is 595. The highest BCUT2D eigenvalue weighted by Crippen LogP contribution is 2.41. The molecule has 0 spiro atoms. The lowest BCUT2D eigenvalue weighted by Crippen LogP contribution is -2.40. The first kappa shape index (κ1) is 15.6. The Labute approximate surface area is 124 Å². The van der Waals surface area contributed by atoms with E-state index in [0.717, 1.165) is 24.1 Å². The van der Waals surface area contributed by atoms with Crippen LogP contribution in [0.15, 0.2) is 10.9 Å². The van der Waals surface area contributed by atoms with E-state index in [1.165, 1.54) is 6.42 Å². The third-order valence-corrected chi connectivity index (χ3v) is 4.21. The van der Waals surface area contributed by atoms with E-state index in [9.17, 15) is 9.59 Å². The Morgan fingerprint density at radius 1 is 1.43 bits per heavy atom. The molecule has 1 atom stereocenters. The van der Waals surface area contributed by atoms with Gasteiger partial charge >= 0.3 is 6.09 Å². The van der Waals surface area contributed by atoms with Gasteiger partial charge in [-0.1, -0.05) is 27.2 Å². The number of carboxylic acid groups (broad SMARTS) is 1. The molecule has 1 aromatic rings. The molecule has 1 aromatic heterocycles. The van der Waals surface area contributed by atoms with Gasteiger partial charge in [0, 0.05) is 11.3 Å². The van der Waals surface area contributed by atoms with Gasteiger partial charge in [-0.2, -0.15) is 0 Å². The van der Waals surface area contributed by atoms with Crippen molar-refractivity contribution in [2.24, 2.45) is 5.41 Å². The van der Waals surface area contributed by atoms with Crippen LogP contribution in [0, 0.1) is 12.3 Å². The number of pyridine rings is 1. The van der Waals surface area contributed by atoms with Crippen LogP contribution in [0.25, 0.3) is 0 Å². The normalized spacial score (nSPS) is 17.1. The molecule has 21 heavy (non-hydrogen) atoms. The highest BCUT2D eigenvalue weighted by atomic mass is 16.4. The van der Waals surface area contributed by atoms with E-state index in [2.05, 4.69) is 10.3 Å². The molecule has 1 aliphatic rings. The lowest BCUT2D eigenvalue weighted by Gasteiger charge is -2.35. The molecule has 0 saturated heterocycles. The molecule has 1 fully saturated rings. The van der Waals surface area contributed by atoms with Crippen molar-refractivity contribution >= 4 is 6.09 Å². The van der Waals surface area contributed by atoms with Crippen molar-refractivity contribution in [1.29, 1.82) is 0 Å². The number of hydrogen-bond acceptors (Lipinski definition) is 2. The first-order valence-electron chi connectivity index (χ1n) is 7.43. The number of aromatic nitrogens is 1. The van der Waals surface area contributed by atoms with Gasteiger partial charge in [0.05, 0.1) is 6.04 Å². The van der Waals surface area contributed by atoms with Crippen LogP contribution in [0.2, 0.25) is 0 Å². The molecule has 1 saturated carbocycles. The summed E-state index contributed by atoms with van der Waals surface area (Å²) in [6, 6.07) is 1.48. The van der Waals surface area contributed by atoms with Crippen molar-refractivity contribution < 1.29 is 9.90 Å². The second-order valence-electron chi connectivity index (χ2n) is 7.03. The zero-order valence-corrected chi connectivity index (χ0v) is 13.1. The summed E-state index contributed by atoms with van der Waals surface area (Å²) in [7, 11) is 0. The van der Waals surface area contributed by atoms with Crippen molar-refractivity contribution in [3.8, 4) is 0 Å². The number of amides is 1. The molecule has 116 valence electrons. The minimum absolute atomic E-state index is 0.175. The topological polar surface area (TPSA) is 82.2 Å². The third-order valence-electron chi connectivity index (χ3n) is 4.21. The molecule has 3 N–H and O–H groups in total. The van der Waals surface area contributed by atoms with Crippen LogP contribution in [0.1, 0.15) is 68.8 Å². The SMILES string of the molecule is Cc1cc(C2CCC2)c(C(NC(=O)O)C(C)(C)C)c(=O)[nH]1. The standard InChI is InChI=1S/C16H24N2O3/c1-9-8-11(10-6-5-7-10)12(14(19)17-9)13(16(2,3)4)18-15(20)21/h8,10,13,18H,5-7H2,1-4H3,(H,17,19)(H,20,21). The molecule has 1 heterocycles. The van der Waals surface area contributed by atoms with Crippen LogP contribution in [0.3, 0.4) is 0 Å². The van der Waals surface area contributed by atoms with Gasteiger partial charge in [0.15, 0.2) is 0 Å². The smallest absolute Gasteiger partial charge is 0.405 e. The van der Waals surface area contributed by atoms with Crippen LogP contribution >= 0.6 is 0 Å². The number of H-pyrrole nitrogens is 1. The number of carbonyl (C=O) groups is 1. The summed E-state index contributed by atoms with van der Waals surface area (Å²) >= 11 is 0. The molecule has 1 amide bonds. The van der Waals surface area contributed by atoms with Crippen LogP contribution in [-0.4, -0.2) is 16.2 Å². The number of nitrogens with one attached hydrogen (secondary N) is 2. The van der Waals surface area contributed by atoms with Crippen molar-refractivity contribution in [3.05, 3.63) is 33.2 Å². The van der Waals surface area contributed by atoms with Gasteiger partial charge in [0.25, 0.3) is 5.56 Å². The maximum Gasteiger partial charge on any atom is 0.405 e. The maximum absolute atomic E-state index is 12.5. The maximum atomic E-state index is 12.5. The Balaban J connectivity index is 2.58. The molecular formula is C16H24N2O3. The van der Waals surface area contributed by atoms with Crippen LogP contribution in [0.5, 0.6) is 0 Å². The molecule has 0 aliphatic heterocycles. The second-order valence-corrected chi connectivity index (χ2v) is 7.03. The third kappa shape index (κ3) is 3.28. The summed E-state index contributed by atoms with van der Waals surface area (Å²) in [5, 5.41) is 11.7. The van der Waals surface area contributed by atoms with Gasteiger partial charge in [-0.05, 0) is 42.7 Å².